The molecule has 0 amide bonds. The van der Waals surface area contributed by atoms with Gasteiger partial charge in [-0.1, -0.05) is 182 Å². The molecular formula is C58H38N2S. The Bertz CT molecular complexity index is 3590. The third-order valence-corrected chi connectivity index (χ3v) is 13.4. The summed E-state index contributed by atoms with van der Waals surface area (Å²) in [5.41, 5.74) is 14.0. The van der Waals surface area contributed by atoms with E-state index in [0.29, 0.717) is 0 Å². The van der Waals surface area contributed by atoms with Crippen molar-refractivity contribution in [3.8, 4) is 39.1 Å². The van der Waals surface area contributed by atoms with Crippen molar-refractivity contribution in [2.75, 3.05) is 4.90 Å². The molecule has 0 aliphatic rings. The zero-order chi connectivity index (χ0) is 40.3. The van der Waals surface area contributed by atoms with Crippen molar-refractivity contribution < 1.29 is 0 Å². The molecule has 0 saturated heterocycles. The van der Waals surface area contributed by atoms with Crippen molar-refractivity contribution in [3.63, 3.8) is 0 Å². The van der Waals surface area contributed by atoms with Crippen LogP contribution in [0.15, 0.2) is 231 Å². The Labute approximate surface area is 358 Å². The quantitative estimate of drug-likeness (QED) is 0.156. The molecule has 0 fully saturated rings. The first-order chi connectivity index (χ1) is 30.3. The number of benzene rings is 10. The molecule has 0 radical (unpaired) electrons. The van der Waals surface area contributed by atoms with Gasteiger partial charge in [-0.3, -0.25) is 0 Å². The predicted molar refractivity (Wildman–Crippen MR) is 262 cm³/mol. The molecular weight excluding hydrogens is 757 g/mol. The number of hydrogen-bond donors (Lipinski definition) is 0. The van der Waals surface area contributed by atoms with E-state index in [0.717, 1.165) is 28.3 Å². The molecule has 12 rings (SSSR count). The maximum absolute atomic E-state index is 2.48. The predicted octanol–water partition coefficient (Wildman–Crippen LogP) is 16.8. The Morgan fingerprint density at radius 3 is 1.82 bits per heavy atom. The third-order valence-electron chi connectivity index (χ3n) is 12.2. The Kier molecular flexibility index (Phi) is 8.39. The Morgan fingerprint density at radius 2 is 0.934 bits per heavy atom. The summed E-state index contributed by atoms with van der Waals surface area (Å²) in [5, 5.41) is 7.52. The lowest BCUT2D eigenvalue weighted by Crippen LogP contribution is -2.11. The molecule has 10 aromatic carbocycles. The van der Waals surface area contributed by atoms with E-state index < -0.39 is 0 Å². The maximum Gasteiger partial charge on any atom is 0.0562 e. The SMILES string of the molecule is c1ccc(-c2ccc(N(c3ccc4c5ccccc5n(-c5ccccc5-c5cccc6ccccc56)c4c3)c3ccccc3-c3cccc4c3sc3ccccc34)cc2)cc1. The Hall–Kier alpha value is -7.72. The smallest absolute Gasteiger partial charge is 0.0562 e. The first-order valence-electron chi connectivity index (χ1n) is 20.8. The van der Waals surface area contributed by atoms with Crippen LogP contribution in [0.3, 0.4) is 0 Å². The standard InChI is InChI=1S/C58H38N2S/c1-2-16-39(17-3-1)40-32-34-42(35-33-40)59(53-28-10-8-23-48(53)51-26-15-27-52-50-24-9-13-31-57(50)61-58(51)52)43-36-37-49-47-22-7-12-30-55(47)60(56(49)38-43)54-29-11-6-21-46(54)45-25-14-19-41-18-4-5-20-44(41)45/h1-38H. The summed E-state index contributed by atoms with van der Waals surface area (Å²) in [6.07, 6.45) is 0. The van der Waals surface area contributed by atoms with Gasteiger partial charge >= 0.3 is 0 Å². The van der Waals surface area contributed by atoms with Gasteiger partial charge in [0.2, 0.25) is 0 Å². The number of nitrogens with zero attached hydrogens (tertiary/aromatic N) is 2. The number of thiophene rings is 1. The summed E-state index contributed by atoms with van der Waals surface area (Å²) in [6, 6.07) is 84.2. The highest BCUT2D eigenvalue weighted by molar-refractivity contribution is 7.26. The Balaban J connectivity index is 1.11. The number of rotatable bonds is 7. The van der Waals surface area contributed by atoms with Crippen LogP contribution in [0.2, 0.25) is 0 Å². The van der Waals surface area contributed by atoms with Gasteiger partial charge in [0.25, 0.3) is 0 Å². The van der Waals surface area contributed by atoms with E-state index in [-0.39, 0.29) is 0 Å². The highest BCUT2D eigenvalue weighted by atomic mass is 32.1. The number of aromatic nitrogens is 1. The second-order valence-electron chi connectivity index (χ2n) is 15.6. The van der Waals surface area contributed by atoms with Gasteiger partial charge in [0, 0.05) is 59.0 Å². The van der Waals surface area contributed by atoms with Crippen LogP contribution in [0.4, 0.5) is 17.1 Å². The molecule has 0 saturated carbocycles. The van der Waals surface area contributed by atoms with Crippen molar-refractivity contribution in [1.82, 2.24) is 4.57 Å². The van der Waals surface area contributed by atoms with Crippen molar-refractivity contribution in [2.45, 2.75) is 0 Å². The summed E-state index contributed by atoms with van der Waals surface area (Å²) in [4.78, 5) is 2.45. The fourth-order valence-corrected chi connectivity index (χ4v) is 10.7. The molecule has 286 valence electrons. The minimum absolute atomic E-state index is 1.09. The van der Waals surface area contributed by atoms with E-state index >= 15 is 0 Å². The molecule has 0 spiro atoms. The third kappa shape index (κ3) is 5.85. The van der Waals surface area contributed by atoms with Crippen LogP contribution < -0.4 is 4.90 Å². The van der Waals surface area contributed by atoms with E-state index in [1.54, 1.807) is 0 Å². The monoisotopic (exact) mass is 794 g/mol. The average Bonchev–Trinajstić information content (AvgIpc) is 3.88. The molecule has 0 bridgehead atoms. The van der Waals surface area contributed by atoms with Crippen molar-refractivity contribution in [1.29, 1.82) is 0 Å². The topological polar surface area (TPSA) is 8.17 Å². The van der Waals surface area contributed by atoms with Crippen molar-refractivity contribution in [3.05, 3.63) is 231 Å². The van der Waals surface area contributed by atoms with Crippen LogP contribution in [0, 0.1) is 0 Å². The maximum atomic E-state index is 2.48. The zero-order valence-corrected chi connectivity index (χ0v) is 34.1. The molecule has 2 aromatic heterocycles. The minimum Gasteiger partial charge on any atom is -0.310 e. The molecule has 2 nitrogen and oxygen atoms in total. The highest BCUT2D eigenvalue weighted by Crippen LogP contribution is 2.47. The summed E-state index contributed by atoms with van der Waals surface area (Å²) in [6.45, 7) is 0. The van der Waals surface area contributed by atoms with Gasteiger partial charge < -0.3 is 9.47 Å². The highest BCUT2D eigenvalue weighted by Gasteiger charge is 2.22. The molecule has 0 unspecified atom stereocenters. The average molecular weight is 795 g/mol. The minimum atomic E-state index is 1.09. The fraction of sp³-hybridized carbons (Fsp3) is 0. The molecule has 0 aliphatic carbocycles. The van der Waals surface area contributed by atoms with Gasteiger partial charge in [0.1, 0.15) is 0 Å². The number of hydrogen-bond acceptors (Lipinski definition) is 2. The summed E-state index contributed by atoms with van der Waals surface area (Å²) in [7, 11) is 0. The summed E-state index contributed by atoms with van der Waals surface area (Å²) < 4.78 is 5.08. The first kappa shape index (κ1) is 35.2. The molecule has 0 atom stereocenters. The van der Waals surface area contributed by atoms with E-state index in [4.69, 9.17) is 0 Å². The summed E-state index contributed by atoms with van der Waals surface area (Å²) in [5.74, 6) is 0. The van der Waals surface area contributed by atoms with Gasteiger partial charge in [0.15, 0.2) is 0 Å². The van der Waals surface area contributed by atoms with Crippen LogP contribution in [-0.4, -0.2) is 4.57 Å². The lowest BCUT2D eigenvalue weighted by atomic mass is 9.97. The normalized spacial score (nSPS) is 11.6. The van der Waals surface area contributed by atoms with Crippen LogP contribution >= 0.6 is 11.3 Å². The van der Waals surface area contributed by atoms with Gasteiger partial charge in [-0.05, 0) is 76.0 Å². The number of para-hydroxylation sites is 3. The van der Waals surface area contributed by atoms with Crippen LogP contribution in [0.5, 0.6) is 0 Å². The van der Waals surface area contributed by atoms with E-state index in [2.05, 4.69) is 240 Å². The second-order valence-corrected chi connectivity index (χ2v) is 16.7. The largest absolute Gasteiger partial charge is 0.310 e. The van der Waals surface area contributed by atoms with Gasteiger partial charge in [-0.25, -0.2) is 0 Å². The van der Waals surface area contributed by atoms with Crippen molar-refractivity contribution in [2.24, 2.45) is 0 Å². The molecule has 12 aromatic rings. The Morgan fingerprint density at radius 1 is 0.344 bits per heavy atom. The lowest BCUT2D eigenvalue weighted by molar-refractivity contribution is 1.18. The lowest BCUT2D eigenvalue weighted by Gasteiger charge is -2.28. The van der Waals surface area contributed by atoms with Gasteiger partial charge in [-0.2, -0.15) is 0 Å². The zero-order valence-electron chi connectivity index (χ0n) is 33.2. The second kappa shape index (κ2) is 14.5. The molecule has 0 N–H and O–H groups in total. The molecule has 2 heterocycles. The first-order valence-corrected chi connectivity index (χ1v) is 21.7. The van der Waals surface area contributed by atoms with E-state index in [1.807, 2.05) is 11.3 Å². The molecule has 61 heavy (non-hydrogen) atoms. The van der Waals surface area contributed by atoms with Gasteiger partial charge in [0.05, 0.1) is 22.4 Å². The van der Waals surface area contributed by atoms with Crippen LogP contribution in [-0.2, 0) is 0 Å². The molecule has 0 aliphatic heterocycles. The van der Waals surface area contributed by atoms with Gasteiger partial charge in [-0.15, -0.1) is 11.3 Å². The van der Waals surface area contributed by atoms with Crippen LogP contribution in [0.1, 0.15) is 0 Å². The van der Waals surface area contributed by atoms with E-state index in [9.17, 15) is 0 Å². The van der Waals surface area contributed by atoms with Crippen molar-refractivity contribution >= 4 is 81.1 Å². The molecule has 3 heteroatoms. The number of anilines is 3. The fourth-order valence-electron chi connectivity index (χ4n) is 9.43. The van der Waals surface area contributed by atoms with E-state index in [1.165, 1.54) is 80.6 Å². The number of fused-ring (bicyclic) bond motifs is 7. The summed E-state index contributed by atoms with van der Waals surface area (Å²) >= 11 is 1.88. The van der Waals surface area contributed by atoms with Crippen LogP contribution in [0.25, 0.3) is 91.8 Å².